The van der Waals surface area contributed by atoms with E-state index in [1.165, 1.54) is 12.8 Å². The van der Waals surface area contributed by atoms with E-state index in [2.05, 4.69) is 31.9 Å². The van der Waals surface area contributed by atoms with Crippen molar-refractivity contribution in [3.05, 3.63) is 0 Å². The van der Waals surface area contributed by atoms with Crippen LogP contribution in [0.2, 0.25) is 0 Å². The molecule has 1 aliphatic rings. The molecule has 0 aromatic rings. The molecule has 2 nitrogen and oxygen atoms in total. The van der Waals surface area contributed by atoms with Gasteiger partial charge in [-0.25, -0.2) is 0 Å². The molecule has 0 spiro atoms. The summed E-state index contributed by atoms with van der Waals surface area (Å²) in [6, 6.07) is 2.41. The average molecular weight is 166 g/mol. The number of hydrogen-bond donors (Lipinski definition) is 0. The fourth-order valence-corrected chi connectivity index (χ4v) is 1.82. The molecule has 1 heterocycles. The summed E-state index contributed by atoms with van der Waals surface area (Å²) in [6.45, 7) is 6.41. The normalized spacial score (nSPS) is 22.2. The van der Waals surface area contributed by atoms with E-state index in [0.717, 1.165) is 13.1 Å². The molecule has 1 saturated heterocycles. The highest BCUT2D eigenvalue weighted by atomic mass is 15.1. The maximum absolute atomic E-state index is 8.95. The Morgan fingerprint density at radius 2 is 1.83 bits per heavy atom. The first-order chi connectivity index (χ1) is 5.56. The molecule has 0 aromatic carbocycles. The smallest absolute Gasteiger partial charge is 0.0686 e. The Labute approximate surface area is 75.2 Å². The van der Waals surface area contributed by atoms with Crippen LogP contribution in [-0.2, 0) is 0 Å². The van der Waals surface area contributed by atoms with E-state index >= 15 is 0 Å². The maximum atomic E-state index is 8.95. The van der Waals surface area contributed by atoms with Gasteiger partial charge in [0.1, 0.15) is 0 Å². The van der Waals surface area contributed by atoms with Gasteiger partial charge in [-0.2, -0.15) is 5.26 Å². The first-order valence-corrected chi connectivity index (χ1v) is 4.66. The molecule has 0 bridgehead atoms. The highest BCUT2D eigenvalue weighted by Crippen LogP contribution is 2.33. The Balaban J connectivity index is 2.51. The fourth-order valence-electron chi connectivity index (χ4n) is 1.82. The molecule has 1 aliphatic heterocycles. The second kappa shape index (κ2) is 3.45. The third kappa shape index (κ3) is 1.98. The van der Waals surface area contributed by atoms with Gasteiger partial charge >= 0.3 is 0 Å². The summed E-state index contributed by atoms with van der Waals surface area (Å²) in [4.78, 5) is 2.34. The van der Waals surface area contributed by atoms with Crippen LogP contribution in [0, 0.1) is 22.7 Å². The van der Waals surface area contributed by atoms with Gasteiger partial charge in [-0.15, -0.1) is 0 Å². The lowest BCUT2D eigenvalue weighted by atomic mass is 9.75. The number of nitriles is 1. The van der Waals surface area contributed by atoms with Gasteiger partial charge in [-0.05, 0) is 52.7 Å². The largest absolute Gasteiger partial charge is 0.306 e. The number of nitrogens with zero attached hydrogens (tertiary/aromatic N) is 2. The van der Waals surface area contributed by atoms with Crippen LogP contribution < -0.4 is 0 Å². The summed E-state index contributed by atoms with van der Waals surface area (Å²) < 4.78 is 0. The van der Waals surface area contributed by atoms with Crippen molar-refractivity contribution in [2.75, 3.05) is 20.1 Å². The molecule has 0 amide bonds. The molecule has 0 N–H and O–H groups in total. The molecule has 0 aromatic heterocycles. The van der Waals surface area contributed by atoms with Crippen molar-refractivity contribution >= 4 is 0 Å². The first-order valence-electron chi connectivity index (χ1n) is 4.66. The molecule has 2 heteroatoms. The van der Waals surface area contributed by atoms with Gasteiger partial charge < -0.3 is 4.90 Å². The van der Waals surface area contributed by atoms with Crippen LogP contribution >= 0.6 is 0 Å². The van der Waals surface area contributed by atoms with Crippen molar-refractivity contribution in [1.82, 2.24) is 4.90 Å². The summed E-state index contributed by atoms with van der Waals surface area (Å²) in [5.74, 6) is 0.596. The lowest BCUT2D eigenvalue weighted by molar-refractivity contribution is 0.152. The number of likely N-dealkylation sites (tertiary alicyclic amines) is 1. The van der Waals surface area contributed by atoms with Crippen molar-refractivity contribution in [1.29, 1.82) is 5.26 Å². The van der Waals surface area contributed by atoms with Gasteiger partial charge in [-0.3, -0.25) is 0 Å². The fraction of sp³-hybridized carbons (Fsp3) is 0.900. The van der Waals surface area contributed by atoms with Gasteiger partial charge in [0.25, 0.3) is 0 Å². The van der Waals surface area contributed by atoms with Gasteiger partial charge in [0, 0.05) is 0 Å². The highest BCUT2D eigenvalue weighted by molar-refractivity contribution is 4.98. The Morgan fingerprint density at radius 3 is 2.25 bits per heavy atom. The summed E-state index contributed by atoms with van der Waals surface area (Å²) in [5, 5.41) is 8.95. The standard InChI is InChI=1S/C10H18N2/c1-10(2,8-11)9-4-6-12(3)7-5-9/h9H,4-7H2,1-3H3. The summed E-state index contributed by atoms with van der Waals surface area (Å²) in [7, 11) is 2.15. The topological polar surface area (TPSA) is 27.0 Å². The molecule has 0 unspecified atom stereocenters. The second-order valence-corrected chi connectivity index (χ2v) is 4.41. The Kier molecular flexibility index (Phi) is 2.74. The molecule has 68 valence electrons. The van der Waals surface area contributed by atoms with Crippen LogP contribution in [-0.4, -0.2) is 25.0 Å². The predicted octanol–water partition coefficient (Wildman–Crippen LogP) is 1.88. The molecule has 12 heavy (non-hydrogen) atoms. The zero-order valence-corrected chi connectivity index (χ0v) is 8.30. The third-order valence-electron chi connectivity index (χ3n) is 3.03. The maximum Gasteiger partial charge on any atom is 0.0686 e. The zero-order chi connectivity index (χ0) is 9.19. The van der Waals surface area contributed by atoms with E-state index in [1.807, 2.05) is 0 Å². The van der Waals surface area contributed by atoms with Crippen molar-refractivity contribution in [3.8, 4) is 6.07 Å². The molecule has 0 saturated carbocycles. The average Bonchev–Trinajstić information content (AvgIpc) is 2.05. The lowest BCUT2D eigenvalue weighted by Crippen LogP contribution is -2.36. The third-order valence-corrected chi connectivity index (χ3v) is 3.03. The minimum atomic E-state index is -0.124. The summed E-state index contributed by atoms with van der Waals surface area (Å²) in [6.07, 6.45) is 2.36. The summed E-state index contributed by atoms with van der Waals surface area (Å²) in [5.41, 5.74) is -0.124. The van der Waals surface area contributed by atoms with Crippen LogP contribution in [0.15, 0.2) is 0 Å². The molecule has 0 aliphatic carbocycles. The van der Waals surface area contributed by atoms with Crippen LogP contribution in [0.4, 0.5) is 0 Å². The van der Waals surface area contributed by atoms with Gasteiger partial charge in [0.15, 0.2) is 0 Å². The van der Waals surface area contributed by atoms with Crippen LogP contribution in [0.1, 0.15) is 26.7 Å². The van der Waals surface area contributed by atoms with Gasteiger partial charge in [0.2, 0.25) is 0 Å². The van der Waals surface area contributed by atoms with E-state index in [-0.39, 0.29) is 5.41 Å². The van der Waals surface area contributed by atoms with Crippen LogP contribution in [0.25, 0.3) is 0 Å². The van der Waals surface area contributed by atoms with Crippen LogP contribution in [0.3, 0.4) is 0 Å². The van der Waals surface area contributed by atoms with E-state index < -0.39 is 0 Å². The number of piperidine rings is 1. The first kappa shape index (κ1) is 9.54. The van der Waals surface area contributed by atoms with Gasteiger partial charge in [-0.1, -0.05) is 0 Å². The molecule has 0 atom stereocenters. The highest BCUT2D eigenvalue weighted by Gasteiger charge is 2.31. The quantitative estimate of drug-likeness (QED) is 0.594. The van der Waals surface area contributed by atoms with E-state index in [0.29, 0.717) is 5.92 Å². The monoisotopic (exact) mass is 166 g/mol. The predicted molar refractivity (Wildman–Crippen MR) is 49.6 cm³/mol. The molecule has 1 fully saturated rings. The van der Waals surface area contributed by atoms with E-state index in [9.17, 15) is 0 Å². The number of hydrogen-bond acceptors (Lipinski definition) is 2. The van der Waals surface area contributed by atoms with E-state index in [4.69, 9.17) is 5.26 Å². The van der Waals surface area contributed by atoms with Crippen molar-refractivity contribution in [3.63, 3.8) is 0 Å². The zero-order valence-electron chi connectivity index (χ0n) is 8.30. The van der Waals surface area contributed by atoms with Crippen LogP contribution in [0.5, 0.6) is 0 Å². The van der Waals surface area contributed by atoms with Crippen molar-refractivity contribution < 1.29 is 0 Å². The molecular weight excluding hydrogens is 148 g/mol. The SMILES string of the molecule is CN1CCC(C(C)(C)C#N)CC1. The Morgan fingerprint density at radius 1 is 1.33 bits per heavy atom. The Hall–Kier alpha value is -0.550. The van der Waals surface area contributed by atoms with Crippen molar-refractivity contribution in [2.24, 2.45) is 11.3 Å². The molecular formula is C10H18N2. The Bertz CT molecular complexity index is 183. The van der Waals surface area contributed by atoms with Gasteiger partial charge in [0.05, 0.1) is 11.5 Å². The minimum absolute atomic E-state index is 0.124. The number of rotatable bonds is 1. The van der Waals surface area contributed by atoms with Crippen molar-refractivity contribution in [2.45, 2.75) is 26.7 Å². The van der Waals surface area contributed by atoms with E-state index in [1.54, 1.807) is 0 Å². The second-order valence-electron chi connectivity index (χ2n) is 4.41. The summed E-state index contributed by atoms with van der Waals surface area (Å²) >= 11 is 0. The molecule has 1 rings (SSSR count). The molecule has 0 radical (unpaired) electrons. The lowest BCUT2D eigenvalue weighted by Gasteiger charge is -2.35. The minimum Gasteiger partial charge on any atom is -0.306 e.